The zero-order valence-electron chi connectivity index (χ0n) is 21.1. The van der Waals surface area contributed by atoms with Gasteiger partial charge in [0.25, 0.3) is 0 Å². The highest BCUT2D eigenvalue weighted by molar-refractivity contribution is 6.00. The van der Waals surface area contributed by atoms with E-state index in [1.54, 1.807) is 21.1 Å². The number of nitrogens with one attached hydrogen (secondary N) is 1. The lowest BCUT2D eigenvalue weighted by molar-refractivity contribution is -0.135. The second-order valence-electron chi connectivity index (χ2n) is 10.4. The van der Waals surface area contributed by atoms with Gasteiger partial charge in [-0.25, -0.2) is 9.59 Å². The molecule has 4 heterocycles. The van der Waals surface area contributed by atoms with Crippen LogP contribution in [0.25, 0.3) is 11.0 Å². The van der Waals surface area contributed by atoms with E-state index in [1.165, 1.54) is 7.11 Å². The van der Waals surface area contributed by atoms with E-state index < -0.39 is 11.9 Å². The molecule has 1 N–H and O–H groups in total. The molecule has 0 aliphatic carbocycles. The first-order valence-corrected chi connectivity index (χ1v) is 13.0. The van der Waals surface area contributed by atoms with Crippen LogP contribution in [-0.4, -0.2) is 76.7 Å². The summed E-state index contributed by atoms with van der Waals surface area (Å²) in [7, 11) is 3.20. The van der Waals surface area contributed by atoms with E-state index in [9.17, 15) is 19.2 Å². The largest absolute Gasteiger partial charge is 0.453 e. The smallest absolute Gasteiger partial charge is 0.409 e. The maximum Gasteiger partial charge on any atom is 0.409 e. The topological polar surface area (TPSA) is 106 Å². The monoisotopic (exact) mass is 497 g/mol. The summed E-state index contributed by atoms with van der Waals surface area (Å²) in [6.45, 7) is 4.57. The van der Waals surface area contributed by atoms with Gasteiger partial charge in [-0.05, 0) is 68.7 Å². The number of methoxy groups -OCH3 is 1. The summed E-state index contributed by atoms with van der Waals surface area (Å²) in [6, 6.07) is 5.32. The Morgan fingerprint density at radius 1 is 1.03 bits per heavy atom. The van der Waals surface area contributed by atoms with E-state index in [4.69, 9.17) is 4.74 Å². The standard InChI is InChI=1S/C26H35N5O5/c1-28-23-19(4-3-5-20(23)31(25(28)34)21-6-7-22(32)27-24(21)33)18-10-12-29(13-11-18)16-17-8-14-30(15-9-17)26(35)36-2/h3-5,17-18,21H,6-16H2,1-2H3,(H,27,32,33). The number of piperidine rings is 3. The van der Waals surface area contributed by atoms with Gasteiger partial charge in [-0.3, -0.25) is 24.0 Å². The molecule has 1 aromatic carbocycles. The van der Waals surface area contributed by atoms with Gasteiger partial charge in [0.05, 0.1) is 18.1 Å². The third-order valence-corrected chi connectivity index (χ3v) is 8.25. The predicted molar refractivity (Wildman–Crippen MR) is 134 cm³/mol. The predicted octanol–water partition coefficient (Wildman–Crippen LogP) is 1.98. The van der Waals surface area contributed by atoms with Gasteiger partial charge in [-0.1, -0.05) is 12.1 Å². The van der Waals surface area contributed by atoms with Gasteiger partial charge in [-0.2, -0.15) is 0 Å². The number of aromatic nitrogens is 2. The first-order valence-electron chi connectivity index (χ1n) is 13.0. The molecule has 3 saturated heterocycles. The van der Waals surface area contributed by atoms with Crippen molar-refractivity contribution in [1.82, 2.24) is 24.3 Å². The molecular formula is C26H35N5O5. The summed E-state index contributed by atoms with van der Waals surface area (Å²) < 4.78 is 8.07. The van der Waals surface area contributed by atoms with Crippen LogP contribution in [0.5, 0.6) is 0 Å². The minimum absolute atomic E-state index is 0.220. The van der Waals surface area contributed by atoms with Crippen LogP contribution in [0.2, 0.25) is 0 Å². The molecular weight excluding hydrogens is 462 g/mol. The van der Waals surface area contributed by atoms with Gasteiger partial charge in [0.15, 0.2) is 0 Å². The van der Waals surface area contributed by atoms with Crippen molar-refractivity contribution in [2.75, 3.05) is 39.8 Å². The van der Waals surface area contributed by atoms with Crippen molar-refractivity contribution in [2.45, 2.75) is 50.5 Å². The average Bonchev–Trinajstić information content (AvgIpc) is 3.14. The van der Waals surface area contributed by atoms with Gasteiger partial charge in [-0.15, -0.1) is 0 Å². The Hall–Kier alpha value is -3.14. The van der Waals surface area contributed by atoms with Crippen molar-refractivity contribution in [3.63, 3.8) is 0 Å². The fourth-order valence-electron chi connectivity index (χ4n) is 6.25. The Balaban J connectivity index is 1.27. The Labute approximate surface area is 210 Å². The number of carbonyl (C=O) groups is 3. The number of imidazole rings is 1. The molecule has 1 aromatic heterocycles. The molecule has 0 saturated carbocycles. The summed E-state index contributed by atoms with van der Waals surface area (Å²) in [5, 5.41) is 2.38. The van der Waals surface area contributed by atoms with Crippen molar-refractivity contribution in [1.29, 1.82) is 0 Å². The number of aryl methyl sites for hydroxylation is 1. The van der Waals surface area contributed by atoms with Gasteiger partial charge in [0, 0.05) is 33.1 Å². The number of amides is 3. The van der Waals surface area contributed by atoms with Gasteiger partial charge >= 0.3 is 11.8 Å². The van der Waals surface area contributed by atoms with Crippen LogP contribution in [0.1, 0.15) is 56.0 Å². The second-order valence-corrected chi connectivity index (χ2v) is 10.4. The van der Waals surface area contributed by atoms with E-state index in [1.807, 2.05) is 12.1 Å². The van der Waals surface area contributed by atoms with E-state index in [0.717, 1.165) is 75.0 Å². The molecule has 36 heavy (non-hydrogen) atoms. The molecule has 1 unspecified atom stereocenters. The summed E-state index contributed by atoms with van der Waals surface area (Å²) in [5.74, 6) is 0.242. The van der Waals surface area contributed by atoms with Crippen LogP contribution in [0.3, 0.4) is 0 Å². The maximum atomic E-state index is 13.2. The highest BCUT2D eigenvalue weighted by Crippen LogP contribution is 2.34. The van der Waals surface area contributed by atoms with Crippen molar-refractivity contribution >= 4 is 28.9 Å². The van der Waals surface area contributed by atoms with Crippen molar-refractivity contribution in [3.05, 3.63) is 34.2 Å². The fraction of sp³-hybridized carbons (Fsp3) is 0.615. The Morgan fingerprint density at radius 3 is 2.42 bits per heavy atom. The molecule has 2 aromatic rings. The molecule has 0 spiro atoms. The minimum atomic E-state index is -0.665. The number of fused-ring (bicyclic) bond motifs is 1. The molecule has 1 atom stereocenters. The van der Waals surface area contributed by atoms with Gasteiger partial charge < -0.3 is 14.5 Å². The highest BCUT2D eigenvalue weighted by Gasteiger charge is 2.33. The average molecular weight is 498 g/mol. The molecule has 3 aliphatic rings. The molecule has 3 aliphatic heterocycles. The number of likely N-dealkylation sites (tertiary alicyclic amines) is 2. The maximum absolute atomic E-state index is 13.2. The zero-order chi connectivity index (χ0) is 25.4. The lowest BCUT2D eigenvalue weighted by atomic mass is 9.87. The van der Waals surface area contributed by atoms with E-state index in [2.05, 4.69) is 16.3 Å². The van der Waals surface area contributed by atoms with Crippen molar-refractivity contribution < 1.29 is 19.1 Å². The molecule has 5 rings (SSSR count). The van der Waals surface area contributed by atoms with Gasteiger partial charge in [0.1, 0.15) is 6.04 Å². The molecule has 0 bridgehead atoms. The number of para-hydroxylation sites is 1. The third-order valence-electron chi connectivity index (χ3n) is 8.25. The number of imide groups is 1. The molecule has 10 nitrogen and oxygen atoms in total. The first kappa shape index (κ1) is 24.5. The van der Waals surface area contributed by atoms with Crippen LogP contribution in [0.15, 0.2) is 23.0 Å². The summed E-state index contributed by atoms with van der Waals surface area (Å²) in [5.41, 5.74) is 2.59. The summed E-state index contributed by atoms with van der Waals surface area (Å²) in [4.78, 5) is 53.4. The summed E-state index contributed by atoms with van der Waals surface area (Å²) in [6.07, 6.45) is 4.37. The molecule has 3 amide bonds. The van der Waals surface area contributed by atoms with Crippen molar-refractivity contribution in [2.24, 2.45) is 13.0 Å². The number of carbonyl (C=O) groups excluding carboxylic acids is 3. The Bertz CT molecular complexity index is 1220. The number of ether oxygens (including phenoxy) is 1. The lowest BCUT2D eigenvalue weighted by Crippen LogP contribution is -2.44. The fourth-order valence-corrected chi connectivity index (χ4v) is 6.25. The quantitative estimate of drug-likeness (QED) is 0.648. The van der Waals surface area contributed by atoms with Crippen LogP contribution >= 0.6 is 0 Å². The molecule has 0 radical (unpaired) electrons. The van der Waals surface area contributed by atoms with E-state index >= 15 is 0 Å². The normalized spacial score (nSPS) is 22.7. The minimum Gasteiger partial charge on any atom is -0.453 e. The van der Waals surface area contributed by atoms with Crippen LogP contribution < -0.4 is 11.0 Å². The molecule has 3 fully saturated rings. The number of rotatable bonds is 4. The Morgan fingerprint density at radius 2 is 1.75 bits per heavy atom. The first-order chi connectivity index (χ1) is 17.4. The SMILES string of the molecule is COC(=O)N1CCC(CN2CCC(c3cccc4c3n(C)c(=O)n4C3CCC(=O)NC3=O)CC2)CC1. The molecule has 194 valence electrons. The van der Waals surface area contributed by atoms with Crippen molar-refractivity contribution in [3.8, 4) is 0 Å². The lowest BCUT2D eigenvalue weighted by Gasteiger charge is -2.37. The molecule has 10 heteroatoms. The third kappa shape index (κ3) is 4.54. The highest BCUT2D eigenvalue weighted by atomic mass is 16.5. The Kier molecular flexibility index (Phi) is 6.87. The van der Waals surface area contributed by atoms with E-state index in [-0.39, 0.29) is 24.1 Å². The number of hydrogen-bond acceptors (Lipinski definition) is 6. The van der Waals surface area contributed by atoms with Gasteiger partial charge in [0.2, 0.25) is 11.8 Å². The number of benzene rings is 1. The van der Waals surface area contributed by atoms with Crippen LogP contribution in [-0.2, 0) is 21.4 Å². The van der Waals surface area contributed by atoms with E-state index in [0.29, 0.717) is 18.3 Å². The number of hydrogen-bond donors (Lipinski definition) is 1. The number of nitrogens with zero attached hydrogens (tertiary/aromatic N) is 4. The van der Waals surface area contributed by atoms with Crippen LogP contribution in [0.4, 0.5) is 4.79 Å². The zero-order valence-corrected chi connectivity index (χ0v) is 21.1. The van der Waals surface area contributed by atoms with Crippen LogP contribution in [0, 0.1) is 5.92 Å². The summed E-state index contributed by atoms with van der Waals surface area (Å²) >= 11 is 0. The second kappa shape index (κ2) is 10.1.